The van der Waals surface area contributed by atoms with Crippen LogP contribution < -0.4 is 5.32 Å². The summed E-state index contributed by atoms with van der Waals surface area (Å²) in [6.07, 6.45) is 0.664. The lowest BCUT2D eigenvalue weighted by Gasteiger charge is -2.16. The lowest BCUT2D eigenvalue weighted by Crippen LogP contribution is -2.20. The highest BCUT2D eigenvalue weighted by Gasteiger charge is 2.47. The fourth-order valence-corrected chi connectivity index (χ4v) is 2.19. The Hall–Kier alpha value is -1.42. The Bertz CT molecular complexity index is 408. The summed E-state index contributed by atoms with van der Waals surface area (Å²) in [5.41, 5.74) is 0.816. The minimum Gasteiger partial charge on any atom is -0.481 e. The van der Waals surface area contributed by atoms with Crippen LogP contribution in [0, 0.1) is 17.7 Å². The molecule has 1 aromatic rings. The second kappa shape index (κ2) is 4.22. The molecule has 0 spiro atoms. The van der Waals surface area contributed by atoms with Crippen LogP contribution >= 0.6 is 0 Å². The predicted octanol–water partition coefficient (Wildman–Crippen LogP) is 1.81. The SMILES string of the molecule is CNC(c1cccc(F)c1)C1CC1C(=O)O. The molecule has 1 fully saturated rings. The van der Waals surface area contributed by atoms with Crippen LogP contribution in [-0.4, -0.2) is 18.1 Å². The molecule has 4 heteroatoms. The second-order valence-electron chi connectivity index (χ2n) is 4.17. The van der Waals surface area contributed by atoms with Gasteiger partial charge in [0.05, 0.1) is 5.92 Å². The summed E-state index contributed by atoms with van der Waals surface area (Å²) in [6.45, 7) is 0. The van der Waals surface area contributed by atoms with Crippen LogP contribution in [0.3, 0.4) is 0 Å². The summed E-state index contributed by atoms with van der Waals surface area (Å²) in [5, 5.41) is 11.9. The van der Waals surface area contributed by atoms with Gasteiger partial charge in [-0.2, -0.15) is 0 Å². The van der Waals surface area contributed by atoms with E-state index in [0.29, 0.717) is 6.42 Å². The largest absolute Gasteiger partial charge is 0.481 e. The van der Waals surface area contributed by atoms with Crippen molar-refractivity contribution in [2.75, 3.05) is 7.05 Å². The van der Waals surface area contributed by atoms with Gasteiger partial charge in [-0.3, -0.25) is 4.79 Å². The van der Waals surface area contributed by atoms with Crippen molar-refractivity contribution in [3.8, 4) is 0 Å². The van der Waals surface area contributed by atoms with Gasteiger partial charge in [0, 0.05) is 6.04 Å². The van der Waals surface area contributed by atoms with Gasteiger partial charge >= 0.3 is 5.97 Å². The van der Waals surface area contributed by atoms with Crippen LogP contribution in [0.1, 0.15) is 18.0 Å². The average molecular weight is 223 g/mol. The minimum absolute atomic E-state index is 0.0724. The molecular formula is C12H14FNO2. The molecule has 3 nitrogen and oxygen atoms in total. The van der Waals surface area contributed by atoms with Gasteiger partial charge in [0.1, 0.15) is 5.82 Å². The molecule has 3 atom stereocenters. The van der Waals surface area contributed by atoms with Gasteiger partial charge in [-0.25, -0.2) is 4.39 Å². The smallest absolute Gasteiger partial charge is 0.306 e. The molecule has 0 aromatic heterocycles. The molecule has 1 aromatic carbocycles. The van der Waals surface area contributed by atoms with Crippen molar-refractivity contribution >= 4 is 5.97 Å². The van der Waals surface area contributed by atoms with E-state index in [-0.39, 0.29) is 23.7 Å². The summed E-state index contributed by atoms with van der Waals surface area (Å²) >= 11 is 0. The van der Waals surface area contributed by atoms with Crippen molar-refractivity contribution in [2.24, 2.45) is 11.8 Å². The first-order valence-corrected chi connectivity index (χ1v) is 5.29. The monoisotopic (exact) mass is 223 g/mol. The van der Waals surface area contributed by atoms with Crippen molar-refractivity contribution < 1.29 is 14.3 Å². The third kappa shape index (κ3) is 2.07. The lowest BCUT2D eigenvalue weighted by molar-refractivity contribution is -0.138. The summed E-state index contributed by atoms with van der Waals surface area (Å²) in [5.74, 6) is -1.27. The molecule has 2 rings (SSSR count). The maximum absolute atomic E-state index is 13.1. The molecule has 0 heterocycles. The maximum atomic E-state index is 13.1. The molecule has 0 saturated heterocycles. The summed E-state index contributed by atoms with van der Waals surface area (Å²) < 4.78 is 13.1. The second-order valence-corrected chi connectivity index (χ2v) is 4.17. The van der Waals surface area contributed by atoms with E-state index in [1.807, 2.05) is 6.07 Å². The topological polar surface area (TPSA) is 49.3 Å². The van der Waals surface area contributed by atoms with Gasteiger partial charge in [0.25, 0.3) is 0 Å². The zero-order chi connectivity index (χ0) is 11.7. The van der Waals surface area contributed by atoms with Gasteiger partial charge < -0.3 is 10.4 Å². The van der Waals surface area contributed by atoms with Crippen LogP contribution in [0.4, 0.5) is 4.39 Å². The predicted molar refractivity (Wildman–Crippen MR) is 57.4 cm³/mol. The van der Waals surface area contributed by atoms with Crippen LogP contribution in [0.25, 0.3) is 0 Å². The Kier molecular flexibility index (Phi) is 2.92. The van der Waals surface area contributed by atoms with Crippen LogP contribution in [0.5, 0.6) is 0 Å². The van der Waals surface area contributed by atoms with E-state index < -0.39 is 5.97 Å². The number of aliphatic carboxylic acids is 1. The highest BCUT2D eigenvalue weighted by Crippen LogP contribution is 2.47. The molecule has 86 valence electrons. The van der Waals surface area contributed by atoms with Crippen LogP contribution in [0.2, 0.25) is 0 Å². The average Bonchev–Trinajstić information content (AvgIpc) is 2.99. The van der Waals surface area contributed by atoms with E-state index in [1.165, 1.54) is 12.1 Å². The van der Waals surface area contributed by atoms with Crippen molar-refractivity contribution in [3.05, 3.63) is 35.6 Å². The zero-order valence-corrected chi connectivity index (χ0v) is 8.98. The van der Waals surface area contributed by atoms with Crippen LogP contribution in [0.15, 0.2) is 24.3 Å². The summed E-state index contributed by atoms with van der Waals surface area (Å²) in [7, 11) is 1.77. The number of carbonyl (C=O) groups is 1. The first-order valence-electron chi connectivity index (χ1n) is 5.29. The van der Waals surface area contributed by atoms with Gasteiger partial charge in [-0.1, -0.05) is 12.1 Å². The van der Waals surface area contributed by atoms with E-state index in [1.54, 1.807) is 13.1 Å². The molecule has 1 saturated carbocycles. The number of halogens is 1. The molecule has 1 aliphatic carbocycles. The maximum Gasteiger partial charge on any atom is 0.306 e. The molecule has 0 bridgehead atoms. The standard InChI is InChI=1S/C12H14FNO2/c1-14-11(9-6-10(9)12(15)16)7-3-2-4-8(13)5-7/h2-5,9-11,14H,6H2,1H3,(H,15,16). The molecule has 0 amide bonds. The van der Waals surface area contributed by atoms with Gasteiger partial charge in [0.2, 0.25) is 0 Å². The third-order valence-corrected chi connectivity index (χ3v) is 3.10. The van der Waals surface area contributed by atoms with E-state index in [0.717, 1.165) is 5.56 Å². The quantitative estimate of drug-likeness (QED) is 0.818. The highest BCUT2D eigenvalue weighted by atomic mass is 19.1. The number of carboxylic acids is 1. The Morgan fingerprint density at radius 2 is 2.38 bits per heavy atom. The number of nitrogens with one attached hydrogen (secondary N) is 1. The van der Waals surface area contributed by atoms with Gasteiger partial charge in [-0.05, 0) is 37.1 Å². The fourth-order valence-electron chi connectivity index (χ4n) is 2.19. The Balaban J connectivity index is 2.15. The van der Waals surface area contributed by atoms with Crippen molar-refractivity contribution in [1.29, 1.82) is 0 Å². The molecule has 1 aliphatic rings. The molecule has 2 N–H and O–H groups in total. The number of carboxylic acid groups (broad SMARTS) is 1. The lowest BCUT2D eigenvalue weighted by atomic mass is 10.0. The van der Waals surface area contributed by atoms with E-state index in [2.05, 4.69) is 5.32 Å². The van der Waals surface area contributed by atoms with Gasteiger partial charge in [-0.15, -0.1) is 0 Å². The third-order valence-electron chi connectivity index (χ3n) is 3.10. The number of hydrogen-bond donors (Lipinski definition) is 2. The van der Waals surface area contributed by atoms with Crippen molar-refractivity contribution in [3.63, 3.8) is 0 Å². The highest BCUT2D eigenvalue weighted by molar-refractivity contribution is 5.73. The minimum atomic E-state index is -0.762. The molecular weight excluding hydrogens is 209 g/mol. The van der Waals surface area contributed by atoms with Crippen molar-refractivity contribution in [1.82, 2.24) is 5.32 Å². The summed E-state index contributed by atoms with van der Waals surface area (Å²) in [6, 6.07) is 6.24. The van der Waals surface area contributed by atoms with E-state index >= 15 is 0 Å². The molecule has 0 radical (unpaired) electrons. The Morgan fingerprint density at radius 1 is 1.62 bits per heavy atom. The normalized spacial score (nSPS) is 25.1. The molecule has 16 heavy (non-hydrogen) atoms. The zero-order valence-electron chi connectivity index (χ0n) is 8.98. The van der Waals surface area contributed by atoms with Crippen LogP contribution in [-0.2, 0) is 4.79 Å². The first-order chi connectivity index (χ1) is 7.63. The first kappa shape index (κ1) is 11.1. The fraction of sp³-hybridized carbons (Fsp3) is 0.417. The molecule has 0 aliphatic heterocycles. The Morgan fingerprint density at radius 3 is 2.88 bits per heavy atom. The number of benzene rings is 1. The van der Waals surface area contributed by atoms with Gasteiger partial charge in [0.15, 0.2) is 0 Å². The number of rotatable bonds is 4. The molecule has 3 unspecified atom stereocenters. The summed E-state index contributed by atoms with van der Waals surface area (Å²) in [4.78, 5) is 10.8. The van der Waals surface area contributed by atoms with E-state index in [4.69, 9.17) is 5.11 Å². The van der Waals surface area contributed by atoms with Crippen molar-refractivity contribution in [2.45, 2.75) is 12.5 Å². The van der Waals surface area contributed by atoms with E-state index in [9.17, 15) is 9.18 Å². The Labute approximate surface area is 93.3 Å². The number of hydrogen-bond acceptors (Lipinski definition) is 2.